The lowest BCUT2D eigenvalue weighted by Gasteiger charge is -2.08. The average Bonchev–Trinajstić information content (AvgIpc) is 2.17. The molecule has 0 saturated carbocycles. The van der Waals surface area contributed by atoms with Crippen molar-refractivity contribution in [2.75, 3.05) is 0 Å². The predicted molar refractivity (Wildman–Crippen MR) is 57.9 cm³/mol. The minimum Gasteiger partial charge on any atom is -0.481 e. The molecule has 0 aromatic heterocycles. The lowest BCUT2D eigenvalue weighted by molar-refractivity contribution is -0.138. The first-order valence-corrected chi connectivity index (χ1v) is 5.00. The van der Waals surface area contributed by atoms with E-state index in [1.807, 2.05) is 12.1 Å². The van der Waals surface area contributed by atoms with Gasteiger partial charge in [0, 0.05) is 0 Å². The second kappa shape index (κ2) is 4.94. The van der Waals surface area contributed by atoms with Crippen molar-refractivity contribution in [3.8, 4) is 0 Å². The first kappa shape index (κ1) is 11.7. The summed E-state index contributed by atoms with van der Waals surface area (Å²) in [7, 11) is 0. The number of aliphatic carboxylic acids is 1. The maximum atomic E-state index is 10.7. The molecule has 1 unspecified atom stereocenters. The summed E-state index contributed by atoms with van der Waals surface area (Å²) in [5.74, 6) is -1.30. The smallest absolute Gasteiger partial charge is 0.310 e. The number of benzene rings is 1. The number of carboxylic acids is 1. The summed E-state index contributed by atoms with van der Waals surface area (Å²) in [4.78, 5) is 10.7. The molecule has 0 fully saturated rings. The first-order valence-electron chi connectivity index (χ1n) is 5.00. The lowest BCUT2D eigenvalue weighted by Crippen LogP contribution is -2.08. The third-order valence-corrected chi connectivity index (χ3v) is 2.38. The van der Waals surface area contributed by atoms with Crippen molar-refractivity contribution in [3.63, 3.8) is 0 Å². The molecule has 0 saturated heterocycles. The molecule has 0 aliphatic heterocycles. The molecule has 3 heteroatoms. The van der Waals surface area contributed by atoms with Crippen molar-refractivity contribution in [3.05, 3.63) is 35.4 Å². The largest absolute Gasteiger partial charge is 0.481 e. The Morgan fingerprint density at radius 3 is 2.20 bits per heavy atom. The number of aliphatic hydroxyl groups excluding tert-OH is 1. The Hall–Kier alpha value is -1.35. The van der Waals surface area contributed by atoms with Gasteiger partial charge >= 0.3 is 5.97 Å². The Labute approximate surface area is 89.4 Å². The molecule has 2 N–H and O–H groups in total. The van der Waals surface area contributed by atoms with Crippen LogP contribution in [0.1, 0.15) is 30.9 Å². The van der Waals surface area contributed by atoms with E-state index in [4.69, 9.17) is 5.11 Å². The summed E-state index contributed by atoms with van der Waals surface area (Å²) < 4.78 is 0. The second-order valence-electron chi connectivity index (χ2n) is 3.85. The maximum absolute atomic E-state index is 10.7. The quantitative estimate of drug-likeness (QED) is 0.793. The summed E-state index contributed by atoms with van der Waals surface area (Å²) in [5, 5.41) is 18.0. The van der Waals surface area contributed by atoms with Gasteiger partial charge < -0.3 is 10.2 Å². The van der Waals surface area contributed by atoms with Crippen LogP contribution in [-0.2, 0) is 11.2 Å². The molecule has 0 amide bonds. The summed E-state index contributed by atoms with van der Waals surface area (Å²) in [6.45, 7) is 3.39. The molecular formula is C12H16O3. The first-order chi connectivity index (χ1) is 7.00. The number of hydrogen-bond donors (Lipinski definition) is 2. The minimum absolute atomic E-state index is 0.368. The van der Waals surface area contributed by atoms with E-state index in [9.17, 15) is 9.90 Å². The van der Waals surface area contributed by atoms with Crippen molar-refractivity contribution < 1.29 is 15.0 Å². The Morgan fingerprint density at radius 2 is 1.80 bits per heavy atom. The SMILES string of the molecule is CC(O)Cc1ccc([C@@H](C)C(=O)O)cc1. The zero-order chi connectivity index (χ0) is 11.4. The van der Waals surface area contributed by atoms with Gasteiger partial charge in [-0.1, -0.05) is 24.3 Å². The van der Waals surface area contributed by atoms with Crippen LogP contribution >= 0.6 is 0 Å². The van der Waals surface area contributed by atoms with E-state index in [-0.39, 0.29) is 6.10 Å². The monoisotopic (exact) mass is 208 g/mol. The van der Waals surface area contributed by atoms with Crippen molar-refractivity contribution in [1.29, 1.82) is 0 Å². The Balaban J connectivity index is 2.76. The van der Waals surface area contributed by atoms with E-state index in [2.05, 4.69) is 0 Å². The van der Waals surface area contributed by atoms with Crippen LogP contribution in [0.2, 0.25) is 0 Å². The highest BCUT2D eigenvalue weighted by molar-refractivity contribution is 5.75. The molecule has 0 bridgehead atoms. The Bertz CT molecular complexity index is 327. The lowest BCUT2D eigenvalue weighted by atomic mass is 9.99. The third kappa shape index (κ3) is 3.36. The van der Waals surface area contributed by atoms with Gasteiger partial charge in [0.15, 0.2) is 0 Å². The Kier molecular flexibility index (Phi) is 3.86. The topological polar surface area (TPSA) is 57.5 Å². The molecule has 82 valence electrons. The van der Waals surface area contributed by atoms with E-state index >= 15 is 0 Å². The zero-order valence-corrected chi connectivity index (χ0v) is 8.97. The number of aliphatic hydroxyl groups is 1. The fourth-order valence-corrected chi connectivity index (χ4v) is 1.43. The van der Waals surface area contributed by atoms with E-state index in [0.29, 0.717) is 6.42 Å². The summed E-state index contributed by atoms with van der Waals surface area (Å²) in [6.07, 6.45) is 0.231. The van der Waals surface area contributed by atoms with Crippen molar-refractivity contribution in [2.24, 2.45) is 0 Å². The molecule has 1 aromatic carbocycles. The van der Waals surface area contributed by atoms with Gasteiger partial charge in [-0.15, -0.1) is 0 Å². The molecule has 0 aliphatic rings. The molecule has 0 aliphatic carbocycles. The molecule has 0 radical (unpaired) electrons. The van der Waals surface area contributed by atoms with Crippen LogP contribution < -0.4 is 0 Å². The van der Waals surface area contributed by atoms with Crippen molar-refractivity contribution in [2.45, 2.75) is 32.3 Å². The molecule has 15 heavy (non-hydrogen) atoms. The maximum Gasteiger partial charge on any atom is 0.310 e. The van der Waals surface area contributed by atoms with Crippen LogP contribution in [0.4, 0.5) is 0 Å². The highest BCUT2D eigenvalue weighted by Gasteiger charge is 2.12. The fraction of sp³-hybridized carbons (Fsp3) is 0.417. The van der Waals surface area contributed by atoms with Gasteiger partial charge in [-0.3, -0.25) is 4.79 Å². The van der Waals surface area contributed by atoms with Crippen LogP contribution in [-0.4, -0.2) is 22.3 Å². The number of rotatable bonds is 4. The van der Waals surface area contributed by atoms with Crippen LogP contribution in [0.3, 0.4) is 0 Å². The van der Waals surface area contributed by atoms with Gasteiger partial charge in [0.25, 0.3) is 0 Å². The predicted octanol–water partition coefficient (Wildman–Crippen LogP) is 1.80. The van der Waals surface area contributed by atoms with Gasteiger partial charge in [-0.05, 0) is 31.4 Å². The zero-order valence-electron chi connectivity index (χ0n) is 8.97. The van der Waals surface area contributed by atoms with Crippen molar-refractivity contribution >= 4 is 5.97 Å². The van der Waals surface area contributed by atoms with Gasteiger partial charge in [-0.2, -0.15) is 0 Å². The van der Waals surface area contributed by atoms with Gasteiger partial charge in [0.05, 0.1) is 12.0 Å². The summed E-state index contributed by atoms with van der Waals surface area (Å²) in [5.41, 5.74) is 1.81. The molecular weight excluding hydrogens is 192 g/mol. The van der Waals surface area contributed by atoms with E-state index in [1.165, 1.54) is 0 Å². The fourth-order valence-electron chi connectivity index (χ4n) is 1.43. The normalized spacial score (nSPS) is 14.6. The van der Waals surface area contributed by atoms with Gasteiger partial charge in [0.1, 0.15) is 0 Å². The van der Waals surface area contributed by atoms with Crippen LogP contribution in [0.15, 0.2) is 24.3 Å². The van der Waals surface area contributed by atoms with E-state index in [1.54, 1.807) is 26.0 Å². The average molecular weight is 208 g/mol. The van der Waals surface area contributed by atoms with Crippen LogP contribution in [0, 0.1) is 0 Å². The standard InChI is InChI=1S/C12H16O3/c1-8(13)7-10-3-5-11(6-4-10)9(2)12(14)15/h3-6,8-9,13H,7H2,1-2H3,(H,14,15)/t8?,9-/m1/s1. The van der Waals surface area contributed by atoms with Crippen molar-refractivity contribution in [1.82, 2.24) is 0 Å². The highest BCUT2D eigenvalue weighted by atomic mass is 16.4. The second-order valence-corrected chi connectivity index (χ2v) is 3.85. The van der Waals surface area contributed by atoms with Crippen LogP contribution in [0.25, 0.3) is 0 Å². The summed E-state index contributed by atoms with van der Waals surface area (Å²) >= 11 is 0. The minimum atomic E-state index is -0.821. The van der Waals surface area contributed by atoms with Gasteiger partial charge in [-0.25, -0.2) is 0 Å². The molecule has 1 aromatic rings. The molecule has 2 atom stereocenters. The van der Waals surface area contributed by atoms with E-state index in [0.717, 1.165) is 11.1 Å². The van der Waals surface area contributed by atoms with E-state index < -0.39 is 11.9 Å². The van der Waals surface area contributed by atoms with Gasteiger partial charge in [0.2, 0.25) is 0 Å². The number of hydrogen-bond acceptors (Lipinski definition) is 2. The summed E-state index contributed by atoms with van der Waals surface area (Å²) in [6, 6.07) is 7.33. The number of carbonyl (C=O) groups is 1. The van der Waals surface area contributed by atoms with Crippen LogP contribution in [0.5, 0.6) is 0 Å². The molecule has 0 spiro atoms. The Morgan fingerprint density at radius 1 is 1.27 bits per heavy atom. The molecule has 0 heterocycles. The molecule has 3 nitrogen and oxygen atoms in total. The number of carboxylic acid groups (broad SMARTS) is 1. The third-order valence-electron chi connectivity index (χ3n) is 2.38. The highest BCUT2D eigenvalue weighted by Crippen LogP contribution is 2.16. The molecule has 1 rings (SSSR count).